The Balaban J connectivity index is 1.45. The average Bonchev–Trinajstić information content (AvgIpc) is 2.97. The van der Waals surface area contributed by atoms with E-state index in [4.69, 9.17) is 9.73 Å². The van der Waals surface area contributed by atoms with Gasteiger partial charge in [-0.3, -0.25) is 4.98 Å². The molecule has 4 saturated carbocycles. The molecule has 4 aliphatic carbocycles. The van der Waals surface area contributed by atoms with Crippen molar-refractivity contribution >= 4 is 5.90 Å². The number of nitrogens with zero attached hydrogens (tertiary/aromatic N) is 2. The van der Waals surface area contributed by atoms with Crippen molar-refractivity contribution in [3.63, 3.8) is 0 Å². The molecule has 21 heavy (non-hydrogen) atoms. The van der Waals surface area contributed by atoms with Crippen molar-refractivity contribution in [2.75, 3.05) is 6.61 Å². The summed E-state index contributed by atoms with van der Waals surface area (Å²) in [6.45, 7) is 0.776. The third kappa shape index (κ3) is 1.86. The molecule has 3 nitrogen and oxygen atoms in total. The van der Waals surface area contributed by atoms with Gasteiger partial charge in [-0.05, 0) is 73.8 Å². The second-order valence-corrected chi connectivity index (χ2v) is 7.76. The van der Waals surface area contributed by atoms with Crippen molar-refractivity contribution in [1.82, 2.24) is 4.98 Å². The molecule has 0 N–H and O–H groups in total. The summed E-state index contributed by atoms with van der Waals surface area (Å²) in [5.41, 5.74) is 1.34. The molecule has 4 fully saturated rings. The van der Waals surface area contributed by atoms with E-state index in [1.807, 2.05) is 24.4 Å². The van der Waals surface area contributed by atoms with E-state index in [2.05, 4.69) is 4.98 Å². The maximum atomic E-state index is 5.93. The maximum absolute atomic E-state index is 5.93. The lowest BCUT2D eigenvalue weighted by molar-refractivity contribution is -0.0691. The van der Waals surface area contributed by atoms with Crippen LogP contribution in [0.5, 0.6) is 0 Å². The van der Waals surface area contributed by atoms with Gasteiger partial charge in [0.15, 0.2) is 0 Å². The van der Waals surface area contributed by atoms with Crippen LogP contribution in [0.15, 0.2) is 29.4 Å². The van der Waals surface area contributed by atoms with Crippen LogP contribution in [0.3, 0.4) is 0 Å². The molecular weight excluding hydrogens is 260 g/mol. The predicted octanol–water partition coefficient (Wildman–Crippen LogP) is 3.44. The number of rotatable bonds is 2. The van der Waals surface area contributed by atoms with Crippen LogP contribution in [0.25, 0.3) is 0 Å². The van der Waals surface area contributed by atoms with Gasteiger partial charge in [-0.15, -0.1) is 0 Å². The third-order valence-electron chi connectivity index (χ3n) is 6.33. The highest BCUT2D eigenvalue weighted by Crippen LogP contribution is 2.62. The van der Waals surface area contributed by atoms with Crippen molar-refractivity contribution in [3.05, 3.63) is 30.1 Å². The molecule has 110 valence electrons. The van der Waals surface area contributed by atoms with Gasteiger partial charge in [0.25, 0.3) is 0 Å². The largest absolute Gasteiger partial charge is 0.474 e. The van der Waals surface area contributed by atoms with Crippen molar-refractivity contribution in [2.45, 2.75) is 44.6 Å². The summed E-state index contributed by atoms with van der Waals surface area (Å²) >= 11 is 0. The van der Waals surface area contributed by atoms with Crippen LogP contribution >= 0.6 is 0 Å². The van der Waals surface area contributed by atoms with Crippen LogP contribution < -0.4 is 0 Å². The third-order valence-corrected chi connectivity index (χ3v) is 6.33. The van der Waals surface area contributed by atoms with Gasteiger partial charge in [-0.2, -0.15) is 0 Å². The Morgan fingerprint density at radius 2 is 1.71 bits per heavy atom. The number of pyridine rings is 1. The minimum absolute atomic E-state index is 0.378. The standard InChI is InChI=1S/C18H22N2O/c1-2-4-19-15(3-1)17-20-16(11-21-17)18-8-12-5-13(9-18)7-14(6-12)10-18/h1-4,12-14,16H,5-11H2. The molecule has 1 unspecified atom stereocenters. The van der Waals surface area contributed by atoms with Crippen molar-refractivity contribution in [3.8, 4) is 0 Å². The molecule has 5 aliphatic rings. The highest BCUT2D eigenvalue weighted by Gasteiger charge is 2.55. The first-order valence-electron chi connectivity index (χ1n) is 8.43. The zero-order chi connectivity index (χ0) is 13.9. The lowest BCUT2D eigenvalue weighted by atomic mass is 9.48. The lowest BCUT2D eigenvalue weighted by Gasteiger charge is -2.58. The number of hydrogen-bond acceptors (Lipinski definition) is 3. The van der Waals surface area contributed by atoms with Crippen LogP contribution in [0.4, 0.5) is 0 Å². The van der Waals surface area contributed by atoms with Gasteiger partial charge in [0.2, 0.25) is 5.90 Å². The fourth-order valence-electron chi connectivity index (χ4n) is 5.90. The topological polar surface area (TPSA) is 34.5 Å². The van der Waals surface area contributed by atoms with E-state index in [0.717, 1.165) is 36.0 Å². The molecule has 4 bridgehead atoms. The first-order valence-corrected chi connectivity index (χ1v) is 8.43. The van der Waals surface area contributed by atoms with Gasteiger partial charge in [-0.1, -0.05) is 6.07 Å². The summed E-state index contributed by atoms with van der Waals surface area (Å²) in [5.74, 6) is 3.71. The number of ether oxygens (including phenoxy) is 1. The van der Waals surface area contributed by atoms with Gasteiger partial charge >= 0.3 is 0 Å². The Hall–Kier alpha value is -1.38. The predicted molar refractivity (Wildman–Crippen MR) is 81.1 cm³/mol. The first kappa shape index (κ1) is 12.2. The zero-order valence-electron chi connectivity index (χ0n) is 12.4. The van der Waals surface area contributed by atoms with Gasteiger partial charge in [0.1, 0.15) is 12.3 Å². The summed E-state index contributed by atoms with van der Waals surface area (Å²) in [6, 6.07) is 6.32. The molecule has 0 amide bonds. The lowest BCUT2D eigenvalue weighted by Crippen LogP contribution is -2.51. The molecule has 0 radical (unpaired) electrons. The van der Waals surface area contributed by atoms with E-state index < -0.39 is 0 Å². The van der Waals surface area contributed by atoms with E-state index >= 15 is 0 Å². The first-order chi connectivity index (χ1) is 10.3. The molecule has 0 saturated heterocycles. The molecule has 2 heterocycles. The fourth-order valence-corrected chi connectivity index (χ4v) is 5.90. The fraction of sp³-hybridized carbons (Fsp3) is 0.667. The second-order valence-electron chi connectivity index (χ2n) is 7.76. The van der Waals surface area contributed by atoms with Gasteiger partial charge < -0.3 is 4.74 Å². The van der Waals surface area contributed by atoms with Gasteiger partial charge in [-0.25, -0.2) is 4.99 Å². The zero-order valence-corrected chi connectivity index (χ0v) is 12.4. The van der Waals surface area contributed by atoms with E-state index in [9.17, 15) is 0 Å². The van der Waals surface area contributed by atoms with Gasteiger partial charge in [0, 0.05) is 6.20 Å². The molecule has 1 aromatic rings. The second kappa shape index (κ2) is 4.31. The van der Waals surface area contributed by atoms with Crippen molar-refractivity contribution < 1.29 is 4.74 Å². The molecule has 0 aromatic carbocycles. The summed E-state index contributed by atoms with van der Waals surface area (Å²) in [6.07, 6.45) is 10.5. The van der Waals surface area contributed by atoms with Crippen LogP contribution in [0.1, 0.15) is 44.2 Å². The van der Waals surface area contributed by atoms with Crippen LogP contribution in [-0.2, 0) is 4.74 Å². The Morgan fingerprint density at radius 1 is 1.00 bits per heavy atom. The molecular formula is C18H22N2O. The summed E-state index contributed by atoms with van der Waals surface area (Å²) in [4.78, 5) is 9.37. The number of hydrogen-bond donors (Lipinski definition) is 0. The van der Waals surface area contributed by atoms with E-state index in [0.29, 0.717) is 11.5 Å². The Morgan fingerprint density at radius 3 is 2.33 bits per heavy atom. The average molecular weight is 282 g/mol. The highest BCUT2D eigenvalue weighted by molar-refractivity contribution is 5.93. The molecule has 3 heteroatoms. The Kier molecular flexibility index (Phi) is 2.50. The number of aliphatic imine (C=N–C) groups is 1. The van der Waals surface area contributed by atoms with E-state index in [-0.39, 0.29) is 0 Å². The quantitative estimate of drug-likeness (QED) is 0.832. The van der Waals surface area contributed by atoms with E-state index in [1.54, 1.807) is 0 Å². The molecule has 1 atom stereocenters. The normalized spacial score (nSPS) is 43.7. The molecule has 6 rings (SSSR count). The Bertz CT molecular complexity index is 545. The minimum Gasteiger partial charge on any atom is -0.474 e. The monoisotopic (exact) mass is 282 g/mol. The van der Waals surface area contributed by atoms with Gasteiger partial charge in [0.05, 0.1) is 6.04 Å². The SMILES string of the molecule is c1ccc(C2=NC(C34CC5CC(CC(C5)C3)C4)CO2)nc1. The van der Waals surface area contributed by atoms with Crippen LogP contribution in [0.2, 0.25) is 0 Å². The maximum Gasteiger partial charge on any atom is 0.235 e. The van der Waals surface area contributed by atoms with Crippen molar-refractivity contribution in [1.29, 1.82) is 0 Å². The van der Waals surface area contributed by atoms with Crippen molar-refractivity contribution in [2.24, 2.45) is 28.2 Å². The molecule has 1 aliphatic heterocycles. The Labute approximate surface area is 125 Å². The summed E-state index contributed by atoms with van der Waals surface area (Å²) in [5, 5.41) is 0. The van der Waals surface area contributed by atoms with Crippen LogP contribution in [0, 0.1) is 23.2 Å². The molecule has 1 aromatic heterocycles. The highest BCUT2D eigenvalue weighted by atomic mass is 16.5. The summed E-state index contributed by atoms with van der Waals surface area (Å²) < 4.78 is 5.93. The van der Waals surface area contributed by atoms with Crippen LogP contribution in [-0.4, -0.2) is 23.5 Å². The minimum atomic E-state index is 0.378. The van der Waals surface area contributed by atoms with E-state index in [1.165, 1.54) is 38.5 Å². The smallest absolute Gasteiger partial charge is 0.235 e. The summed E-state index contributed by atoms with van der Waals surface area (Å²) in [7, 11) is 0. The number of aromatic nitrogens is 1. The molecule has 0 spiro atoms.